The van der Waals surface area contributed by atoms with Gasteiger partial charge in [0.05, 0.1) is 6.04 Å². The van der Waals surface area contributed by atoms with E-state index in [1.165, 1.54) is 11.3 Å². The summed E-state index contributed by atoms with van der Waals surface area (Å²) >= 11 is 0. The van der Waals surface area contributed by atoms with E-state index < -0.39 is 0 Å². The predicted molar refractivity (Wildman–Crippen MR) is 65.4 cm³/mol. The summed E-state index contributed by atoms with van der Waals surface area (Å²) in [6.07, 6.45) is 3.01. The average molecular weight is 199 g/mol. The molecule has 0 spiro atoms. The fraction of sp³-hybridized carbons (Fsp3) is 0.357. The molecule has 1 unspecified atom stereocenters. The minimum absolute atomic E-state index is 0.167. The summed E-state index contributed by atoms with van der Waals surface area (Å²) in [7, 11) is 0. The highest BCUT2D eigenvalue weighted by Gasteiger charge is 2.34. The third-order valence-electron chi connectivity index (χ3n) is 2.97. The van der Waals surface area contributed by atoms with Gasteiger partial charge in [0.15, 0.2) is 0 Å². The van der Waals surface area contributed by atoms with E-state index in [0.29, 0.717) is 0 Å². The monoisotopic (exact) mass is 199 g/mol. The SMILES string of the molecule is C=CC1CC(C)(C)C(c2ccccc2)=N1. The topological polar surface area (TPSA) is 12.4 Å². The number of hydrogen-bond acceptors (Lipinski definition) is 1. The molecule has 0 radical (unpaired) electrons. The van der Waals surface area contributed by atoms with Crippen LogP contribution in [0.25, 0.3) is 0 Å². The van der Waals surface area contributed by atoms with Crippen molar-refractivity contribution in [3.05, 3.63) is 48.6 Å². The fourth-order valence-electron chi connectivity index (χ4n) is 2.20. The van der Waals surface area contributed by atoms with Crippen LogP contribution >= 0.6 is 0 Å². The Balaban J connectivity index is 2.40. The zero-order valence-corrected chi connectivity index (χ0v) is 9.40. The highest BCUT2D eigenvalue weighted by Crippen LogP contribution is 2.35. The molecule has 0 saturated carbocycles. The molecule has 1 heterocycles. The van der Waals surface area contributed by atoms with Crippen LogP contribution in [0.1, 0.15) is 25.8 Å². The molecule has 1 atom stereocenters. The number of rotatable bonds is 2. The van der Waals surface area contributed by atoms with Gasteiger partial charge in [-0.15, -0.1) is 6.58 Å². The first-order valence-corrected chi connectivity index (χ1v) is 5.40. The summed E-state index contributed by atoms with van der Waals surface area (Å²) in [6.45, 7) is 8.33. The van der Waals surface area contributed by atoms with Gasteiger partial charge in [0.1, 0.15) is 0 Å². The molecule has 1 nitrogen and oxygen atoms in total. The smallest absolute Gasteiger partial charge is 0.0689 e. The van der Waals surface area contributed by atoms with E-state index in [-0.39, 0.29) is 11.5 Å². The lowest BCUT2D eigenvalue weighted by molar-refractivity contribution is 0.492. The number of hydrogen-bond donors (Lipinski definition) is 0. The maximum Gasteiger partial charge on any atom is 0.0689 e. The lowest BCUT2D eigenvalue weighted by Gasteiger charge is -2.20. The molecule has 1 heteroatoms. The molecular weight excluding hydrogens is 182 g/mol. The van der Waals surface area contributed by atoms with Crippen LogP contribution in [0.15, 0.2) is 48.0 Å². The molecule has 1 aliphatic rings. The van der Waals surface area contributed by atoms with Crippen molar-refractivity contribution in [2.75, 3.05) is 0 Å². The summed E-state index contributed by atoms with van der Waals surface area (Å²) in [5.74, 6) is 0. The van der Waals surface area contributed by atoms with Crippen LogP contribution < -0.4 is 0 Å². The minimum atomic E-state index is 0.167. The van der Waals surface area contributed by atoms with Crippen molar-refractivity contribution >= 4 is 5.71 Å². The molecule has 0 saturated heterocycles. The number of benzene rings is 1. The van der Waals surface area contributed by atoms with Gasteiger partial charge in [0.25, 0.3) is 0 Å². The van der Waals surface area contributed by atoms with Crippen LogP contribution in [-0.2, 0) is 0 Å². The zero-order chi connectivity index (χ0) is 10.9. The Morgan fingerprint density at radius 2 is 2.00 bits per heavy atom. The van der Waals surface area contributed by atoms with Crippen LogP contribution in [0, 0.1) is 5.41 Å². The van der Waals surface area contributed by atoms with Crippen LogP contribution in [-0.4, -0.2) is 11.8 Å². The van der Waals surface area contributed by atoms with Gasteiger partial charge in [-0.3, -0.25) is 4.99 Å². The summed E-state index contributed by atoms with van der Waals surface area (Å²) in [6, 6.07) is 10.7. The zero-order valence-electron chi connectivity index (χ0n) is 9.40. The molecule has 1 aliphatic heterocycles. The molecule has 1 aromatic carbocycles. The van der Waals surface area contributed by atoms with Crippen molar-refractivity contribution in [1.82, 2.24) is 0 Å². The third-order valence-corrected chi connectivity index (χ3v) is 2.97. The van der Waals surface area contributed by atoms with Crippen LogP contribution in [0.5, 0.6) is 0 Å². The van der Waals surface area contributed by atoms with Gasteiger partial charge in [0.2, 0.25) is 0 Å². The Kier molecular flexibility index (Phi) is 2.47. The number of aliphatic imine (C=N–C) groups is 1. The molecule has 2 rings (SSSR count). The van der Waals surface area contributed by atoms with Gasteiger partial charge in [-0.2, -0.15) is 0 Å². The standard InChI is InChI=1S/C14H17N/c1-4-12-10-14(2,3)13(15-12)11-8-6-5-7-9-11/h4-9,12H,1,10H2,2-3H3. The van der Waals surface area contributed by atoms with E-state index in [9.17, 15) is 0 Å². The van der Waals surface area contributed by atoms with Gasteiger partial charge in [0, 0.05) is 11.1 Å². The van der Waals surface area contributed by atoms with Gasteiger partial charge in [-0.1, -0.05) is 50.3 Å². The van der Waals surface area contributed by atoms with E-state index in [0.717, 1.165) is 6.42 Å². The van der Waals surface area contributed by atoms with Crippen LogP contribution in [0.2, 0.25) is 0 Å². The van der Waals surface area contributed by atoms with E-state index in [1.807, 2.05) is 12.1 Å². The summed E-state index contributed by atoms with van der Waals surface area (Å²) in [5, 5.41) is 0. The van der Waals surface area contributed by atoms with Crippen molar-refractivity contribution in [2.45, 2.75) is 26.3 Å². The molecule has 0 aromatic heterocycles. The van der Waals surface area contributed by atoms with Crippen LogP contribution in [0.4, 0.5) is 0 Å². The van der Waals surface area contributed by atoms with Crippen LogP contribution in [0.3, 0.4) is 0 Å². The quantitative estimate of drug-likeness (QED) is 0.647. The molecule has 0 fully saturated rings. The normalized spacial score (nSPS) is 23.6. The van der Waals surface area contributed by atoms with E-state index in [4.69, 9.17) is 4.99 Å². The molecule has 0 bridgehead atoms. The van der Waals surface area contributed by atoms with E-state index in [2.05, 4.69) is 44.7 Å². The van der Waals surface area contributed by atoms with Crippen molar-refractivity contribution in [3.63, 3.8) is 0 Å². The lowest BCUT2D eigenvalue weighted by atomic mass is 9.81. The van der Waals surface area contributed by atoms with E-state index >= 15 is 0 Å². The second-order valence-corrected chi connectivity index (χ2v) is 4.73. The Morgan fingerprint density at radius 1 is 1.33 bits per heavy atom. The molecule has 1 aromatic rings. The van der Waals surface area contributed by atoms with Gasteiger partial charge < -0.3 is 0 Å². The second-order valence-electron chi connectivity index (χ2n) is 4.73. The molecule has 0 N–H and O–H groups in total. The van der Waals surface area contributed by atoms with Crippen molar-refractivity contribution < 1.29 is 0 Å². The minimum Gasteiger partial charge on any atom is -0.281 e. The highest BCUT2D eigenvalue weighted by molar-refractivity contribution is 6.05. The maximum absolute atomic E-state index is 4.73. The largest absolute Gasteiger partial charge is 0.281 e. The summed E-state index contributed by atoms with van der Waals surface area (Å²) in [4.78, 5) is 4.73. The molecular formula is C14H17N. The predicted octanol–water partition coefficient (Wildman–Crippen LogP) is 3.46. The number of nitrogens with zero attached hydrogens (tertiary/aromatic N) is 1. The Morgan fingerprint density at radius 3 is 2.53 bits per heavy atom. The highest BCUT2D eigenvalue weighted by atomic mass is 14.9. The molecule has 15 heavy (non-hydrogen) atoms. The summed E-state index contributed by atoms with van der Waals surface area (Å²) < 4.78 is 0. The van der Waals surface area contributed by atoms with Gasteiger partial charge >= 0.3 is 0 Å². The maximum atomic E-state index is 4.73. The third kappa shape index (κ3) is 1.87. The Bertz CT molecular complexity index is 387. The Labute approximate surface area is 91.6 Å². The van der Waals surface area contributed by atoms with Gasteiger partial charge in [-0.05, 0) is 12.0 Å². The fourth-order valence-corrected chi connectivity index (χ4v) is 2.20. The molecule has 0 aliphatic carbocycles. The van der Waals surface area contributed by atoms with E-state index in [1.54, 1.807) is 0 Å². The first kappa shape index (κ1) is 10.2. The van der Waals surface area contributed by atoms with Crippen molar-refractivity contribution in [3.8, 4) is 0 Å². The van der Waals surface area contributed by atoms with Gasteiger partial charge in [-0.25, -0.2) is 0 Å². The second kappa shape index (κ2) is 3.65. The Hall–Kier alpha value is -1.37. The molecule has 78 valence electrons. The van der Waals surface area contributed by atoms with Crippen molar-refractivity contribution in [1.29, 1.82) is 0 Å². The summed E-state index contributed by atoms with van der Waals surface area (Å²) in [5.41, 5.74) is 2.63. The molecule has 0 amide bonds. The average Bonchev–Trinajstić information content (AvgIpc) is 2.55. The van der Waals surface area contributed by atoms with Crippen molar-refractivity contribution in [2.24, 2.45) is 10.4 Å². The first-order chi connectivity index (χ1) is 7.13. The first-order valence-electron chi connectivity index (χ1n) is 5.40. The lowest BCUT2D eigenvalue weighted by Crippen LogP contribution is -2.21.